The first-order valence-corrected chi connectivity index (χ1v) is 9.30. The minimum atomic E-state index is -4.44. The molecular weight excluding hydrogens is 385 g/mol. The van der Waals surface area contributed by atoms with Gasteiger partial charge in [0.25, 0.3) is 11.8 Å². The Kier molecular flexibility index (Phi) is 4.72. The van der Waals surface area contributed by atoms with Crippen molar-refractivity contribution in [2.24, 2.45) is 0 Å². The first kappa shape index (κ1) is 19.3. The van der Waals surface area contributed by atoms with Gasteiger partial charge in [0.2, 0.25) is 0 Å². The molecule has 2 aliphatic rings. The zero-order valence-corrected chi connectivity index (χ0v) is 15.6. The molecule has 1 fully saturated rings. The fourth-order valence-corrected chi connectivity index (χ4v) is 3.50. The fourth-order valence-electron chi connectivity index (χ4n) is 3.50. The largest absolute Gasteiger partial charge is 0.482 e. The van der Waals surface area contributed by atoms with Gasteiger partial charge in [0.1, 0.15) is 5.75 Å². The molecule has 2 aromatic carbocycles. The highest BCUT2D eigenvalue weighted by Gasteiger charge is 2.38. The Morgan fingerprint density at radius 2 is 1.97 bits per heavy atom. The highest BCUT2D eigenvalue weighted by molar-refractivity contribution is 5.99. The van der Waals surface area contributed by atoms with E-state index in [0.717, 1.165) is 25.0 Å². The summed E-state index contributed by atoms with van der Waals surface area (Å²) < 4.78 is 44.6. The average Bonchev–Trinajstić information content (AvgIpc) is 3.52. The van der Waals surface area contributed by atoms with Gasteiger partial charge >= 0.3 is 6.18 Å². The van der Waals surface area contributed by atoms with Crippen LogP contribution in [0.4, 0.5) is 18.9 Å². The van der Waals surface area contributed by atoms with Crippen LogP contribution >= 0.6 is 0 Å². The van der Waals surface area contributed by atoms with Gasteiger partial charge in [-0.2, -0.15) is 13.2 Å². The van der Waals surface area contributed by atoms with Crippen LogP contribution in [-0.4, -0.2) is 29.4 Å². The maximum Gasteiger partial charge on any atom is 0.416 e. The van der Waals surface area contributed by atoms with Crippen LogP contribution in [-0.2, 0) is 11.0 Å². The number of halogens is 3. The Hall–Kier alpha value is -3.03. The third-order valence-corrected chi connectivity index (χ3v) is 5.15. The molecule has 29 heavy (non-hydrogen) atoms. The number of fused-ring (bicyclic) bond motifs is 1. The van der Waals surface area contributed by atoms with Gasteiger partial charge in [0.15, 0.2) is 6.61 Å². The Labute approximate surface area is 165 Å². The van der Waals surface area contributed by atoms with Gasteiger partial charge in [-0.25, -0.2) is 0 Å². The van der Waals surface area contributed by atoms with E-state index in [4.69, 9.17) is 4.74 Å². The van der Waals surface area contributed by atoms with Crippen molar-refractivity contribution in [2.75, 3.05) is 11.9 Å². The van der Waals surface area contributed by atoms with Crippen LogP contribution in [0.15, 0.2) is 42.5 Å². The molecule has 1 aliphatic carbocycles. The lowest BCUT2D eigenvalue weighted by Gasteiger charge is -2.30. The van der Waals surface area contributed by atoms with E-state index >= 15 is 0 Å². The summed E-state index contributed by atoms with van der Waals surface area (Å²) in [6.45, 7) is 1.61. The number of amides is 2. The Morgan fingerprint density at radius 3 is 2.66 bits per heavy atom. The molecule has 0 saturated heterocycles. The fraction of sp³-hybridized carbons (Fsp3) is 0.333. The summed E-state index contributed by atoms with van der Waals surface area (Å²) in [6.07, 6.45) is -2.82. The minimum Gasteiger partial charge on any atom is -0.482 e. The highest BCUT2D eigenvalue weighted by Crippen LogP contribution is 2.38. The number of carbonyl (C=O) groups is 2. The summed E-state index contributed by atoms with van der Waals surface area (Å²) >= 11 is 0. The SMILES string of the molecule is CC(c1cccc(C(F)(F)F)c1)N(C(=O)c1ccc2c(c1)OCC(=O)N2)C1CC1. The predicted octanol–water partition coefficient (Wildman–Crippen LogP) is 4.40. The molecule has 1 atom stereocenters. The normalized spacial score (nSPS) is 17.0. The van der Waals surface area contributed by atoms with Crippen molar-refractivity contribution in [1.82, 2.24) is 4.90 Å². The lowest BCUT2D eigenvalue weighted by Crippen LogP contribution is -2.36. The monoisotopic (exact) mass is 404 g/mol. The number of benzene rings is 2. The van der Waals surface area contributed by atoms with Crippen molar-refractivity contribution in [1.29, 1.82) is 0 Å². The van der Waals surface area contributed by atoms with E-state index < -0.39 is 17.8 Å². The van der Waals surface area contributed by atoms with E-state index in [-0.39, 0.29) is 24.5 Å². The number of nitrogens with one attached hydrogen (secondary N) is 1. The zero-order chi connectivity index (χ0) is 20.8. The molecule has 0 aromatic heterocycles. The first-order chi connectivity index (χ1) is 13.7. The maximum atomic E-state index is 13.2. The molecule has 0 bridgehead atoms. The lowest BCUT2D eigenvalue weighted by atomic mass is 10.0. The van der Waals surface area contributed by atoms with Crippen molar-refractivity contribution >= 4 is 17.5 Å². The summed E-state index contributed by atoms with van der Waals surface area (Å²) in [4.78, 5) is 26.3. The number of nitrogens with zero attached hydrogens (tertiary/aromatic N) is 1. The average molecular weight is 404 g/mol. The smallest absolute Gasteiger partial charge is 0.416 e. The molecule has 0 radical (unpaired) electrons. The maximum absolute atomic E-state index is 13.2. The van der Waals surface area contributed by atoms with Crippen molar-refractivity contribution in [2.45, 2.75) is 38.0 Å². The summed E-state index contributed by atoms with van der Waals surface area (Å²) in [6, 6.07) is 9.30. The van der Waals surface area contributed by atoms with Crippen LogP contribution in [0, 0.1) is 0 Å². The number of hydrogen-bond acceptors (Lipinski definition) is 3. The second-order valence-electron chi connectivity index (χ2n) is 7.29. The van der Waals surface area contributed by atoms with Crippen LogP contribution in [0.5, 0.6) is 5.75 Å². The third-order valence-electron chi connectivity index (χ3n) is 5.15. The summed E-state index contributed by atoms with van der Waals surface area (Å²) in [7, 11) is 0. The van der Waals surface area contributed by atoms with Crippen LogP contribution in [0.3, 0.4) is 0 Å². The molecule has 1 unspecified atom stereocenters. The molecule has 2 aromatic rings. The van der Waals surface area contributed by atoms with Gasteiger partial charge in [0, 0.05) is 11.6 Å². The van der Waals surface area contributed by atoms with E-state index in [2.05, 4.69) is 5.32 Å². The molecule has 1 saturated carbocycles. The predicted molar refractivity (Wildman–Crippen MR) is 99.6 cm³/mol. The Balaban J connectivity index is 1.63. The molecule has 5 nitrogen and oxygen atoms in total. The molecule has 0 spiro atoms. The van der Waals surface area contributed by atoms with Crippen LogP contribution in [0.1, 0.15) is 47.3 Å². The number of alkyl halides is 3. The quantitative estimate of drug-likeness (QED) is 0.822. The van der Waals surface area contributed by atoms with Crippen LogP contribution < -0.4 is 10.1 Å². The van der Waals surface area contributed by atoms with Gasteiger partial charge in [-0.05, 0) is 55.7 Å². The second-order valence-corrected chi connectivity index (χ2v) is 7.29. The van der Waals surface area contributed by atoms with Crippen LogP contribution in [0.25, 0.3) is 0 Å². The lowest BCUT2D eigenvalue weighted by molar-refractivity contribution is -0.137. The second kappa shape index (κ2) is 7.09. The van der Waals surface area contributed by atoms with Crippen molar-refractivity contribution in [3.8, 4) is 5.75 Å². The summed E-state index contributed by atoms with van der Waals surface area (Å²) in [5, 5.41) is 2.66. The molecular formula is C21H19F3N2O3. The Morgan fingerprint density at radius 1 is 1.21 bits per heavy atom. The molecule has 152 valence electrons. The van der Waals surface area contributed by atoms with E-state index in [9.17, 15) is 22.8 Å². The molecule has 2 amide bonds. The number of anilines is 1. The van der Waals surface area contributed by atoms with Crippen LogP contribution in [0.2, 0.25) is 0 Å². The van der Waals surface area contributed by atoms with Gasteiger partial charge in [0.05, 0.1) is 17.3 Å². The van der Waals surface area contributed by atoms with Gasteiger partial charge in [-0.15, -0.1) is 0 Å². The van der Waals surface area contributed by atoms with E-state index in [1.54, 1.807) is 36.1 Å². The molecule has 8 heteroatoms. The summed E-state index contributed by atoms with van der Waals surface area (Å²) in [5.41, 5.74) is 0.553. The zero-order valence-electron chi connectivity index (χ0n) is 15.6. The van der Waals surface area contributed by atoms with Crippen molar-refractivity contribution < 1.29 is 27.5 Å². The van der Waals surface area contributed by atoms with Crippen molar-refractivity contribution in [3.05, 3.63) is 59.2 Å². The molecule has 4 rings (SSSR count). The molecule has 1 aliphatic heterocycles. The first-order valence-electron chi connectivity index (χ1n) is 9.30. The standard InChI is InChI=1S/C21H19F3N2O3/c1-12(13-3-2-4-15(9-13)21(22,23)24)26(16-6-7-16)20(28)14-5-8-17-18(10-14)29-11-19(27)25-17/h2-5,8-10,12,16H,6-7,11H2,1H3,(H,25,27). The van der Waals surface area contributed by atoms with E-state index in [0.29, 0.717) is 22.6 Å². The number of ether oxygens (including phenoxy) is 1. The van der Waals surface area contributed by atoms with Gasteiger partial charge < -0.3 is 15.0 Å². The van der Waals surface area contributed by atoms with Gasteiger partial charge in [-0.1, -0.05) is 12.1 Å². The third kappa shape index (κ3) is 3.92. The minimum absolute atomic E-state index is 0.0105. The number of hydrogen-bond donors (Lipinski definition) is 1. The van der Waals surface area contributed by atoms with E-state index in [1.807, 2.05) is 0 Å². The van der Waals surface area contributed by atoms with E-state index in [1.165, 1.54) is 6.07 Å². The number of carbonyl (C=O) groups excluding carboxylic acids is 2. The summed E-state index contributed by atoms with van der Waals surface area (Å²) in [5.74, 6) is -0.145. The Bertz CT molecular complexity index is 970. The van der Waals surface area contributed by atoms with Crippen molar-refractivity contribution in [3.63, 3.8) is 0 Å². The molecule has 1 N–H and O–H groups in total. The number of rotatable bonds is 4. The molecule has 1 heterocycles. The topological polar surface area (TPSA) is 58.6 Å². The highest BCUT2D eigenvalue weighted by atomic mass is 19.4. The van der Waals surface area contributed by atoms with Gasteiger partial charge in [-0.3, -0.25) is 9.59 Å².